The highest BCUT2D eigenvalue weighted by Gasteiger charge is 2.33. The molecule has 1 aliphatic heterocycles. The molecule has 1 aromatic heterocycles. The summed E-state index contributed by atoms with van der Waals surface area (Å²) in [5, 5.41) is 12.5. The SMILES string of the molecule is Cc1ccccc1NC(=O)c1nnc([C@@H]2CCCN(S(=O)(=O)c3cccc(Cl)c3C)C2)s1. The fourth-order valence-corrected chi connectivity index (χ4v) is 6.61. The smallest absolute Gasteiger partial charge is 0.286 e. The number of nitrogens with zero attached hydrogens (tertiary/aromatic N) is 3. The number of rotatable bonds is 5. The molecule has 1 amide bonds. The molecule has 1 aliphatic rings. The van der Waals surface area contributed by atoms with E-state index in [-0.39, 0.29) is 21.7 Å². The molecule has 7 nitrogen and oxygen atoms in total. The number of anilines is 1. The number of hydrogen-bond donors (Lipinski definition) is 1. The Morgan fingerprint density at radius 3 is 2.72 bits per heavy atom. The van der Waals surface area contributed by atoms with Crippen molar-refractivity contribution in [1.82, 2.24) is 14.5 Å². The number of sulfonamides is 1. The molecule has 3 aromatic rings. The lowest BCUT2D eigenvalue weighted by Crippen LogP contribution is -2.39. The largest absolute Gasteiger partial charge is 0.320 e. The first-order valence-electron chi connectivity index (χ1n) is 10.2. The molecule has 0 bridgehead atoms. The van der Waals surface area contributed by atoms with E-state index < -0.39 is 10.0 Å². The predicted octanol–water partition coefficient (Wildman–Crippen LogP) is 4.63. The third-order valence-electron chi connectivity index (χ3n) is 5.60. The summed E-state index contributed by atoms with van der Waals surface area (Å²) in [5.74, 6) is -0.437. The van der Waals surface area contributed by atoms with E-state index >= 15 is 0 Å². The number of benzene rings is 2. The predicted molar refractivity (Wildman–Crippen MR) is 126 cm³/mol. The monoisotopic (exact) mass is 490 g/mol. The lowest BCUT2D eigenvalue weighted by Gasteiger charge is -2.31. The molecule has 32 heavy (non-hydrogen) atoms. The number of halogens is 1. The van der Waals surface area contributed by atoms with Gasteiger partial charge in [-0.25, -0.2) is 8.42 Å². The summed E-state index contributed by atoms with van der Waals surface area (Å²) in [5.41, 5.74) is 2.22. The Bertz CT molecular complexity index is 1260. The average molecular weight is 491 g/mol. The van der Waals surface area contributed by atoms with Crippen molar-refractivity contribution in [2.75, 3.05) is 18.4 Å². The number of nitrogens with one attached hydrogen (secondary N) is 1. The van der Waals surface area contributed by atoms with Crippen LogP contribution < -0.4 is 5.32 Å². The van der Waals surface area contributed by atoms with Crippen molar-refractivity contribution < 1.29 is 13.2 Å². The number of aryl methyl sites for hydroxylation is 1. The molecular weight excluding hydrogens is 468 g/mol. The Kier molecular flexibility index (Phi) is 6.62. The second kappa shape index (κ2) is 9.27. The van der Waals surface area contributed by atoms with Crippen LogP contribution >= 0.6 is 22.9 Å². The second-order valence-corrected chi connectivity index (χ2v) is 11.1. The van der Waals surface area contributed by atoms with E-state index in [9.17, 15) is 13.2 Å². The lowest BCUT2D eigenvalue weighted by molar-refractivity contribution is 0.102. The van der Waals surface area contributed by atoms with E-state index in [1.807, 2.05) is 31.2 Å². The molecule has 2 aromatic carbocycles. The average Bonchev–Trinajstić information content (AvgIpc) is 3.28. The van der Waals surface area contributed by atoms with E-state index in [4.69, 9.17) is 11.6 Å². The Morgan fingerprint density at radius 2 is 1.94 bits per heavy atom. The summed E-state index contributed by atoms with van der Waals surface area (Å²) >= 11 is 7.36. The molecule has 10 heteroatoms. The molecule has 0 aliphatic carbocycles. The zero-order valence-electron chi connectivity index (χ0n) is 17.7. The zero-order chi connectivity index (χ0) is 22.9. The Hall–Kier alpha value is -2.33. The van der Waals surface area contributed by atoms with Gasteiger partial charge in [-0.3, -0.25) is 4.79 Å². The number of hydrogen-bond acceptors (Lipinski definition) is 6. The van der Waals surface area contributed by atoms with Gasteiger partial charge in [0.2, 0.25) is 15.0 Å². The van der Waals surface area contributed by atoms with Crippen LogP contribution in [0.2, 0.25) is 5.02 Å². The van der Waals surface area contributed by atoms with E-state index in [0.717, 1.165) is 17.7 Å². The van der Waals surface area contributed by atoms with Gasteiger partial charge in [0.05, 0.1) is 4.90 Å². The number of aromatic nitrogens is 2. The second-order valence-electron chi connectivity index (χ2n) is 7.78. The molecule has 0 unspecified atom stereocenters. The van der Waals surface area contributed by atoms with E-state index in [1.54, 1.807) is 25.1 Å². The minimum Gasteiger partial charge on any atom is -0.320 e. The van der Waals surface area contributed by atoms with Gasteiger partial charge in [-0.15, -0.1) is 10.2 Å². The molecular formula is C22H23ClN4O3S2. The van der Waals surface area contributed by atoms with Crippen LogP contribution in [-0.2, 0) is 10.0 Å². The van der Waals surface area contributed by atoms with Gasteiger partial charge in [-0.2, -0.15) is 4.31 Å². The number of carbonyl (C=O) groups excluding carboxylic acids is 1. The molecule has 1 N–H and O–H groups in total. The first kappa shape index (κ1) is 22.8. The van der Waals surface area contributed by atoms with Crippen LogP contribution in [0.3, 0.4) is 0 Å². The number of piperidine rings is 1. The molecule has 1 saturated heterocycles. The minimum atomic E-state index is -3.69. The zero-order valence-corrected chi connectivity index (χ0v) is 20.1. The topological polar surface area (TPSA) is 92.3 Å². The van der Waals surface area contributed by atoms with Gasteiger partial charge in [-0.1, -0.05) is 47.2 Å². The fourth-order valence-electron chi connectivity index (χ4n) is 3.75. The van der Waals surface area contributed by atoms with Gasteiger partial charge >= 0.3 is 0 Å². The number of para-hydroxylation sites is 1. The maximum Gasteiger partial charge on any atom is 0.286 e. The summed E-state index contributed by atoms with van der Waals surface area (Å²) in [7, 11) is -3.69. The van der Waals surface area contributed by atoms with Crippen molar-refractivity contribution >= 4 is 44.6 Å². The molecule has 0 spiro atoms. The van der Waals surface area contributed by atoms with E-state index in [2.05, 4.69) is 15.5 Å². The summed E-state index contributed by atoms with van der Waals surface area (Å²) in [4.78, 5) is 12.8. The molecule has 0 saturated carbocycles. The van der Waals surface area contributed by atoms with Gasteiger partial charge in [-0.05, 0) is 56.0 Å². The van der Waals surface area contributed by atoms with Gasteiger partial charge in [0.1, 0.15) is 5.01 Å². The van der Waals surface area contributed by atoms with Crippen LogP contribution in [0, 0.1) is 13.8 Å². The van der Waals surface area contributed by atoms with Gasteiger partial charge < -0.3 is 5.32 Å². The summed E-state index contributed by atoms with van der Waals surface area (Å²) < 4.78 is 28.0. The molecule has 1 atom stereocenters. The summed E-state index contributed by atoms with van der Waals surface area (Å²) in [6.07, 6.45) is 1.49. The maximum absolute atomic E-state index is 13.3. The third-order valence-corrected chi connectivity index (χ3v) is 9.10. The highest BCUT2D eigenvalue weighted by atomic mass is 35.5. The van der Waals surface area contributed by atoms with Crippen LogP contribution in [-0.4, -0.2) is 41.9 Å². The third kappa shape index (κ3) is 4.56. The van der Waals surface area contributed by atoms with E-state index in [0.29, 0.717) is 35.1 Å². The van der Waals surface area contributed by atoms with Gasteiger partial charge in [0.25, 0.3) is 5.91 Å². The molecule has 1 fully saturated rings. The molecule has 2 heterocycles. The molecule has 4 rings (SSSR count). The van der Waals surface area contributed by atoms with Gasteiger partial charge in [0.15, 0.2) is 0 Å². The Balaban J connectivity index is 1.51. The lowest BCUT2D eigenvalue weighted by atomic mass is 10.0. The first-order valence-corrected chi connectivity index (χ1v) is 12.9. The van der Waals surface area contributed by atoms with Crippen molar-refractivity contribution in [3.8, 4) is 0 Å². The van der Waals surface area contributed by atoms with Crippen LogP contribution in [0.4, 0.5) is 5.69 Å². The molecule has 168 valence electrons. The standard InChI is InChI=1S/C22H23ClN4O3S2/c1-14-7-3-4-10-18(14)24-20(28)22-26-25-21(31-22)16-8-6-12-27(13-16)32(29,30)19-11-5-9-17(23)15(19)2/h3-5,7,9-11,16H,6,8,12-13H2,1-2H3,(H,24,28)/t16-/m1/s1. The van der Waals surface area contributed by atoms with Crippen molar-refractivity contribution in [2.45, 2.75) is 37.5 Å². The Labute approximate surface area is 196 Å². The first-order chi connectivity index (χ1) is 15.3. The van der Waals surface area contributed by atoms with Crippen molar-refractivity contribution in [2.24, 2.45) is 0 Å². The van der Waals surface area contributed by atoms with Crippen LogP contribution in [0.15, 0.2) is 47.4 Å². The maximum atomic E-state index is 13.3. The number of carbonyl (C=O) groups is 1. The normalized spacial score (nSPS) is 17.3. The summed E-state index contributed by atoms with van der Waals surface area (Å²) in [6, 6.07) is 12.4. The van der Waals surface area contributed by atoms with Gasteiger partial charge in [0, 0.05) is 29.7 Å². The van der Waals surface area contributed by atoms with Crippen LogP contribution in [0.1, 0.15) is 44.7 Å². The highest BCUT2D eigenvalue weighted by molar-refractivity contribution is 7.89. The van der Waals surface area contributed by atoms with Crippen molar-refractivity contribution in [1.29, 1.82) is 0 Å². The molecule has 0 radical (unpaired) electrons. The van der Waals surface area contributed by atoms with Crippen LogP contribution in [0.25, 0.3) is 0 Å². The Morgan fingerprint density at radius 1 is 1.16 bits per heavy atom. The van der Waals surface area contributed by atoms with Crippen molar-refractivity contribution in [3.63, 3.8) is 0 Å². The highest BCUT2D eigenvalue weighted by Crippen LogP contribution is 2.33. The fraction of sp³-hybridized carbons (Fsp3) is 0.318. The van der Waals surface area contributed by atoms with Crippen LogP contribution in [0.5, 0.6) is 0 Å². The minimum absolute atomic E-state index is 0.115. The van der Waals surface area contributed by atoms with Crippen molar-refractivity contribution in [3.05, 3.63) is 68.6 Å². The summed E-state index contributed by atoms with van der Waals surface area (Å²) in [6.45, 7) is 4.35. The van der Waals surface area contributed by atoms with E-state index in [1.165, 1.54) is 15.6 Å². The quantitative estimate of drug-likeness (QED) is 0.563. The number of amides is 1.